The van der Waals surface area contributed by atoms with Crippen molar-refractivity contribution >= 4 is 6.29 Å². The standard InChI is InChI=1S/C15H14O2/c1-2-12-7-9-14(10-8-12)17-15-6-4-3-5-13(15)11-16/h3-11H,2H2,1H3. The number of ether oxygens (including phenoxy) is 1. The smallest absolute Gasteiger partial charge is 0.153 e. The van der Waals surface area contributed by atoms with Gasteiger partial charge in [0.05, 0.1) is 5.56 Å². The Labute approximate surface area is 101 Å². The van der Waals surface area contributed by atoms with E-state index in [2.05, 4.69) is 6.92 Å². The Balaban J connectivity index is 2.22. The Hall–Kier alpha value is -2.09. The Kier molecular flexibility index (Phi) is 3.55. The molecule has 0 amide bonds. The summed E-state index contributed by atoms with van der Waals surface area (Å²) in [4.78, 5) is 10.8. The molecule has 0 unspecified atom stereocenters. The molecule has 2 heteroatoms. The van der Waals surface area contributed by atoms with Crippen LogP contribution in [-0.4, -0.2) is 6.29 Å². The van der Waals surface area contributed by atoms with Crippen molar-refractivity contribution in [2.24, 2.45) is 0 Å². The van der Waals surface area contributed by atoms with Gasteiger partial charge in [-0.25, -0.2) is 0 Å². The summed E-state index contributed by atoms with van der Waals surface area (Å²) >= 11 is 0. The van der Waals surface area contributed by atoms with Crippen molar-refractivity contribution in [3.8, 4) is 11.5 Å². The predicted octanol–water partition coefficient (Wildman–Crippen LogP) is 3.85. The van der Waals surface area contributed by atoms with Gasteiger partial charge in [0.2, 0.25) is 0 Å². The molecule has 2 aromatic carbocycles. The van der Waals surface area contributed by atoms with Crippen molar-refractivity contribution in [2.75, 3.05) is 0 Å². The molecular formula is C15H14O2. The van der Waals surface area contributed by atoms with E-state index in [-0.39, 0.29) is 0 Å². The molecule has 0 N–H and O–H groups in total. The minimum absolute atomic E-state index is 0.562. The van der Waals surface area contributed by atoms with Gasteiger partial charge in [0.15, 0.2) is 6.29 Å². The van der Waals surface area contributed by atoms with E-state index >= 15 is 0 Å². The number of aldehydes is 1. The third-order valence-electron chi connectivity index (χ3n) is 2.61. The van der Waals surface area contributed by atoms with Crippen LogP contribution in [0.15, 0.2) is 48.5 Å². The normalized spacial score (nSPS) is 9.94. The van der Waals surface area contributed by atoms with Gasteiger partial charge < -0.3 is 4.74 Å². The maximum atomic E-state index is 10.8. The maximum Gasteiger partial charge on any atom is 0.153 e. The summed E-state index contributed by atoms with van der Waals surface area (Å²) < 4.78 is 5.67. The second-order valence-electron chi connectivity index (χ2n) is 3.76. The Morgan fingerprint density at radius 1 is 1.06 bits per heavy atom. The van der Waals surface area contributed by atoms with Gasteiger partial charge in [-0.05, 0) is 36.2 Å². The Morgan fingerprint density at radius 2 is 1.76 bits per heavy atom. The first-order valence-corrected chi connectivity index (χ1v) is 5.64. The van der Waals surface area contributed by atoms with Crippen molar-refractivity contribution in [3.63, 3.8) is 0 Å². The molecule has 0 heterocycles. The lowest BCUT2D eigenvalue weighted by Crippen LogP contribution is -1.90. The molecule has 17 heavy (non-hydrogen) atoms. The number of aryl methyl sites for hydroxylation is 1. The summed E-state index contributed by atoms with van der Waals surface area (Å²) in [5, 5.41) is 0. The zero-order valence-electron chi connectivity index (χ0n) is 9.72. The van der Waals surface area contributed by atoms with E-state index in [1.165, 1.54) is 5.56 Å². The molecular weight excluding hydrogens is 212 g/mol. The van der Waals surface area contributed by atoms with Crippen LogP contribution in [0, 0.1) is 0 Å². The molecule has 2 aromatic rings. The van der Waals surface area contributed by atoms with Crippen LogP contribution in [0.2, 0.25) is 0 Å². The average Bonchev–Trinajstić information content (AvgIpc) is 2.40. The minimum atomic E-state index is 0.562. The topological polar surface area (TPSA) is 26.3 Å². The zero-order valence-corrected chi connectivity index (χ0v) is 9.72. The van der Waals surface area contributed by atoms with Gasteiger partial charge in [-0.2, -0.15) is 0 Å². The van der Waals surface area contributed by atoms with Crippen LogP contribution in [0.25, 0.3) is 0 Å². The number of hydrogen-bond acceptors (Lipinski definition) is 2. The van der Waals surface area contributed by atoms with Gasteiger partial charge >= 0.3 is 0 Å². The third-order valence-corrected chi connectivity index (χ3v) is 2.61. The minimum Gasteiger partial charge on any atom is -0.457 e. The van der Waals surface area contributed by atoms with Crippen molar-refractivity contribution in [1.29, 1.82) is 0 Å². The van der Waals surface area contributed by atoms with Gasteiger partial charge in [0, 0.05) is 0 Å². The van der Waals surface area contributed by atoms with Gasteiger partial charge in [-0.15, -0.1) is 0 Å². The highest BCUT2D eigenvalue weighted by molar-refractivity contribution is 5.79. The molecule has 0 aliphatic heterocycles. The highest BCUT2D eigenvalue weighted by Crippen LogP contribution is 2.24. The van der Waals surface area contributed by atoms with Crippen LogP contribution < -0.4 is 4.74 Å². The third kappa shape index (κ3) is 2.72. The molecule has 2 nitrogen and oxygen atoms in total. The molecule has 0 radical (unpaired) electrons. The molecule has 0 spiro atoms. The van der Waals surface area contributed by atoms with Crippen LogP contribution in [-0.2, 0) is 6.42 Å². The summed E-state index contributed by atoms with van der Waals surface area (Å²) in [7, 11) is 0. The largest absolute Gasteiger partial charge is 0.457 e. The van der Waals surface area contributed by atoms with Crippen molar-refractivity contribution in [1.82, 2.24) is 0 Å². The molecule has 0 bridgehead atoms. The van der Waals surface area contributed by atoms with E-state index in [1.807, 2.05) is 36.4 Å². The molecule has 2 rings (SSSR count). The Bertz CT molecular complexity index is 501. The van der Waals surface area contributed by atoms with Gasteiger partial charge in [0.25, 0.3) is 0 Å². The summed E-state index contributed by atoms with van der Waals surface area (Å²) in [5.41, 5.74) is 1.83. The highest BCUT2D eigenvalue weighted by Gasteiger charge is 2.02. The van der Waals surface area contributed by atoms with Crippen LogP contribution in [0.3, 0.4) is 0 Å². The number of para-hydroxylation sites is 1. The second-order valence-corrected chi connectivity index (χ2v) is 3.76. The SMILES string of the molecule is CCc1ccc(Oc2ccccc2C=O)cc1. The lowest BCUT2D eigenvalue weighted by Gasteiger charge is -2.08. The van der Waals surface area contributed by atoms with E-state index in [0.29, 0.717) is 11.3 Å². The maximum absolute atomic E-state index is 10.8. The number of carbonyl (C=O) groups excluding carboxylic acids is 1. The second kappa shape index (κ2) is 5.30. The fourth-order valence-corrected chi connectivity index (χ4v) is 1.59. The highest BCUT2D eigenvalue weighted by atomic mass is 16.5. The lowest BCUT2D eigenvalue weighted by molar-refractivity contribution is 0.112. The summed E-state index contributed by atoms with van der Waals surface area (Å²) in [6, 6.07) is 15.1. The van der Waals surface area contributed by atoms with E-state index in [4.69, 9.17) is 4.74 Å². The van der Waals surface area contributed by atoms with Crippen molar-refractivity contribution in [2.45, 2.75) is 13.3 Å². The van der Waals surface area contributed by atoms with Crippen LogP contribution in [0.1, 0.15) is 22.8 Å². The van der Waals surface area contributed by atoms with E-state index < -0.39 is 0 Å². The van der Waals surface area contributed by atoms with Gasteiger partial charge in [-0.3, -0.25) is 4.79 Å². The van der Waals surface area contributed by atoms with Crippen LogP contribution in [0.4, 0.5) is 0 Å². The lowest BCUT2D eigenvalue weighted by atomic mass is 10.2. The first kappa shape index (κ1) is 11.4. The van der Waals surface area contributed by atoms with Crippen LogP contribution in [0.5, 0.6) is 11.5 Å². The van der Waals surface area contributed by atoms with E-state index in [1.54, 1.807) is 12.1 Å². The zero-order chi connectivity index (χ0) is 12.1. The monoisotopic (exact) mass is 226 g/mol. The first-order chi connectivity index (χ1) is 8.33. The van der Waals surface area contributed by atoms with Crippen molar-refractivity contribution < 1.29 is 9.53 Å². The quantitative estimate of drug-likeness (QED) is 0.740. The number of rotatable bonds is 4. The van der Waals surface area contributed by atoms with E-state index in [9.17, 15) is 4.79 Å². The van der Waals surface area contributed by atoms with Crippen molar-refractivity contribution in [3.05, 3.63) is 59.7 Å². The molecule has 0 aromatic heterocycles. The van der Waals surface area contributed by atoms with Gasteiger partial charge in [-0.1, -0.05) is 31.2 Å². The van der Waals surface area contributed by atoms with E-state index in [0.717, 1.165) is 18.5 Å². The predicted molar refractivity (Wildman–Crippen MR) is 67.7 cm³/mol. The Morgan fingerprint density at radius 3 is 2.41 bits per heavy atom. The number of carbonyl (C=O) groups is 1. The van der Waals surface area contributed by atoms with Crippen LogP contribution >= 0.6 is 0 Å². The molecule has 0 fully saturated rings. The summed E-state index contributed by atoms with van der Waals surface area (Å²) in [6.07, 6.45) is 1.81. The number of benzene rings is 2. The fraction of sp³-hybridized carbons (Fsp3) is 0.133. The molecule has 0 saturated carbocycles. The molecule has 0 saturated heterocycles. The molecule has 0 atom stereocenters. The molecule has 86 valence electrons. The summed E-state index contributed by atoms with van der Waals surface area (Å²) in [5.74, 6) is 1.34. The first-order valence-electron chi connectivity index (χ1n) is 5.64. The fourth-order valence-electron chi connectivity index (χ4n) is 1.59. The molecule has 0 aliphatic carbocycles. The summed E-state index contributed by atoms with van der Waals surface area (Å²) in [6.45, 7) is 2.11. The molecule has 0 aliphatic rings. The number of hydrogen-bond donors (Lipinski definition) is 0. The van der Waals surface area contributed by atoms with Gasteiger partial charge in [0.1, 0.15) is 11.5 Å². The average molecular weight is 226 g/mol.